The van der Waals surface area contributed by atoms with Crippen LogP contribution in [0.15, 0.2) is 11.1 Å². The van der Waals surface area contributed by atoms with Gasteiger partial charge >= 0.3 is 0 Å². The average Bonchev–Trinajstić information content (AvgIpc) is 2.15. The van der Waals surface area contributed by atoms with Crippen LogP contribution in [0.5, 0.6) is 0 Å². The molecule has 0 bridgehead atoms. The second-order valence-corrected chi connectivity index (χ2v) is 4.04. The number of hydrogen-bond donors (Lipinski definition) is 1. The maximum absolute atomic E-state index is 11.7. The fourth-order valence-corrected chi connectivity index (χ4v) is 1.98. The Morgan fingerprint density at radius 2 is 2.29 bits per heavy atom. The quantitative estimate of drug-likeness (QED) is 0.680. The van der Waals surface area contributed by atoms with Crippen molar-refractivity contribution in [1.29, 1.82) is 0 Å². The number of rotatable bonds is 2. The maximum Gasteiger partial charge on any atom is 0.161 e. The number of hydrogen-bond acceptors (Lipinski definition) is 3. The topological polar surface area (TPSA) is 46.5 Å². The van der Waals surface area contributed by atoms with Crippen LogP contribution in [0, 0.1) is 5.92 Å². The van der Waals surface area contributed by atoms with Crippen LogP contribution in [0.2, 0.25) is 0 Å². The molecule has 0 aromatic carbocycles. The van der Waals surface area contributed by atoms with Gasteiger partial charge in [0.1, 0.15) is 0 Å². The lowest BCUT2D eigenvalue weighted by Crippen LogP contribution is -2.31. The molecule has 0 radical (unpaired) electrons. The molecule has 2 atom stereocenters. The van der Waals surface area contributed by atoms with Gasteiger partial charge in [0.15, 0.2) is 5.78 Å². The van der Waals surface area contributed by atoms with E-state index < -0.39 is 0 Å². The van der Waals surface area contributed by atoms with Gasteiger partial charge < -0.3 is 9.84 Å². The zero-order valence-corrected chi connectivity index (χ0v) is 9.04. The molecular formula is C11H18O3. The molecule has 3 nitrogen and oxygen atoms in total. The van der Waals surface area contributed by atoms with Gasteiger partial charge in [-0.15, -0.1) is 0 Å². The van der Waals surface area contributed by atoms with Crippen molar-refractivity contribution < 1.29 is 14.6 Å². The molecule has 0 amide bonds. The third-order valence-corrected chi connectivity index (χ3v) is 2.75. The van der Waals surface area contributed by atoms with Gasteiger partial charge in [0.25, 0.3) is 0 Å². The van der Waals surface area contributed by atoms with Crippen LogP contribution in [-0.4, -0.2) is 30.7 Å². The third-order valence-electron chi connectivity index (χ3n) is 2.75. The Bertz CT molecular complexity index is 255. The lowest BCUT2D eigenvalue weighted by molar-refractivity contribution is -0.119. The summed E-state index contributed by atoms with van der Waals surface area (Å²) in [7, 11) is 1.61. The number of Topliss-reactive ketones (excluding diaryl/α,β-unsaturated/α-hetero) is 1. The van der Waals surface area contributed by atoms with Gasteiger partial charge in [0.05, 0.1) is 12.7 Å². The highest BCUT2D eigenvalue weighted by Crippen LogP contribution is 2.29. The van der Waals surface area contributed by atoms with Gasteiger partial charge in [-0.25, -0.2) is 0 Å². The first kappa shape index (κ1) is 11.4. The summed E-state index contributed by atoms with van der Waals surface area (Å²) >= 11 is 0. The van der Waals surface area contributed by atoms with Crippen LogP contribution in [-0.2, 0) is 9.53 Å². The molecule has 0 spiro atoms. The molecule has 14 heavy (non-hydrogen) atoms. The zero-order chi connectivity index (χ0) is 10.7. The molecule has 0 saturated heterocycles. The maximum atomic E-state index is 11.7. The molecule has 0 aromatic rings. The van der Waals surface area contributed by atoms with Crippen molar-refractivity contribution in [1.82, 2.24) is 0 Å². The van der Waals surface area contributed by atoms with E-state index in [1.54, 1.807) is 14.0 Å². The van der Waals surface area contributed by atoms with Gasteiger partial charge in [0.2, 0.25) is 0 Å². The zero-order valence-electron chi connectivity index (χ0n) is 9.04. The monoisotopic (exact) mass is 198 g/mol. The van der Waals surface area contributed by atoms with E-state index in [2.05, 4.69) is 6.92 Å². The lowest BCUT2D eigenvalue weighted by atomic mass is 9.82. The summed E-state index contributed by atoms with van der Waals surface area (Å²) in [5, 5.41) is 9.02. The van der Waals surface area contributed by atoms with Crippen LogP contribution >= 0.6 is 0 Å². The van der Waals surface area contributed by atoms with Crippen molar-refractivity contribution >= 4 is 5.78 Å². The van der Waals surface area contributed by atoms with Crippen molar-refractivity contribution in [2.75, 3.05) is 13.7 Å². The van der Waals surface area contributed by atoms with Crippen LogP contribution in [0.25, 0.3) is 0 Å². The van der Waals surface area contributed by atoms with Crippen LogP contribution < -0.4 is 0 Å². The number of aliphatic hydroxyl groups excluding tert-OH is 1. The smallest absolute Gasteiger partial charge is 0.161 e. The van der Waals surface area contributed by atoms with E-state index >= 15 is 0 Å². The van der Waals surface area contributed by atoms with E-state index in [0.717, 1.165) is 12.0 Å². The predicted molar refractivity (Wildman–Crippen MR) is 54.0 cm³/mol. The first-order valence-electron chi connectivity index (χ1n) is 4.96. The van der Waals surface area contributed by atoms with E-state index in [1.807, 2.05) is 0 Å². The third kappa shape index (κ3) is 2.22. The fourth-order valence-electron chi connectivity index (χ4n) is 1.98. The molecule has 1 saturated carbocycles. The largest absolute Gasteiger partial charge is 0.392 e. The molecule has 1 N–H and O–H groups in total. The Morgan fingerprint density at radius 1 is 1.64 bits per heavy atom. The average molecular weight is 198 g/mol. The van der Waals surface area contributed by atoms with E-state index in [0.29, 0.717) is 17.9 Å². The van der Waals surface area contributed by atoms with Crippen molar-refractivity contribution in [2.24, 2.45) is 5.92 Å². The normalized spacial score (nSPS) is 31.9. The van der Waals surface area contributed by atoms with Gasteiger partial charge in [-0.3, -0.25) is 4.79 Å². The van der Waals surface area contributed by atoms with Crippen molar-refractivity contribution in [3.8, 4) is 0 Å². The Morgan fingerprint density at radius 3 is 2.79 bits per heavy atom. The summed E-state index contributed by atoms with van der Waals surface area (Å²) in [4.78, 5) is 11.7. The minimum Gasteiger partial charge on any atom is -0.392 e. The first-order valence-corrected chi connectivity index (χ1v) is 4.96. The first-order chi connectivity index (χ1) is 6.60. The summed E-state index contributed by atoms with van der Waals surface area (Å²) in [6.07, 6.45) is 1.32. The Balaban J connectivity index is 2.95. The molecule has 1 rings (SSSR count). The SMILES string of the molecule is COC1CC(C)CC(=O)/C1=C(\C)CO. The molecule has 1 aliphatic carbocycles. The fraction of sp³-hybridized carbons (Fsp3) is 0.727. The van der Waals surface area contributed by atoms with Gasteiger partial charge in [-0.05, 0) is 24.8 Å². The molecule has 80 valence electrons. The molecule has 0 aromatic heterocycles. The second-order valence-electron chi connectivity index (χ2n) is 4.04. The Hall–Kier alpha value is -0.670. The molecule has 3 heteroatoms. The number of ketones is 1. The highest BCUT2D eigenvalue weighted by molar-refractivity contribution is 5.98. The van der Waals surface area contributed by atoms with Crippen molar-refractivity contribution in [3.05, 3.63) is 11.1 Å². The van der Waals surface area contributed by atoms with Crippen LogP contribution in [0.1, 0.15) is 26.7 Å². The standard InChI is InChI=1S/C11H18O3/c1-7-4-9(13)11(8(2)6-12)10(5-7)14-3/h7,10,12H,4-6H2,1-3H3/b11-8-. The van der Waals surface area contributed by atoms with E-state index in [-0.39, 0.29) is 18.5 Å². The van der Waals surface area contributed by atoms with Crippen molar-refractivity contribution in [3.63, 3.8) is 0 Å². The lowest BCUT2D eigenvalue weighted by Gasteiger charge is -2.28. The number of carbonyl (C=O) groups is 1. The summed E-state index contributed by atoms with van der Waals surface area (Å²) in [6, 6.07) is 0. The minimum absolute atomic E-state index is 0.0602. The summed E-state index contributed by atoms with van der Waals surface area (Å²) in [5.41, 5.74) is 1.43. The van der Waals surface area contributed by atoms with Gasteiger partial charge in [-0.2, -0.15) is 0 Å². The second kappa shape index (κ2) is 4.71. The molecule has 0 aliphatic heterocycles. The number of ether oxygens (including phenoxy) is 1. The van der Waals surface area contributed by atoms with Crippen molar-refractivity contribution in [2.45, 2.75) is 32.8 Å². The molecule has 1 aliphatic rings. The Kier molecular flexibility index (Phi) is 3.84. The molecule has 0 heterocycles. The van der Waals surface area contributed by atoms with E-state index in [1.165, 1.54) is 0 Å². The highest BCUT2D eigenvalue weighted by Gasteiger charge is 2.30. The van der Waals surface area contributed by atoms with Gasteiger partial charge in [-0.1, -0.05) is 6.92 Å². The Labute approximate surface area is 84.8 Å². The number of methoxy groups -OCH3 is 1. The summed E-state index contributed by atoms with van der Waals surface area (Å²) in [5.74, 6) is 0.504. The highest BCUT2D eigenvalue weighted by atomic mass is 16.5. The summed E-state index contributed by atoms with van der Waals surface area (Å²) in [6.45, 7) is 3.78. The summed E-state index contributed by atoms with van der Waals surface area (Å²) < 4.78 is 5.28. The van der Waals surface area contributed by atoms with Crippen LogP contribution in [0.4, 0.5) is 0 Å². The van der Waals surface area contributed by atoms with Crippen LogP contribution in [0.3, 0.4) is 0 Å². The number of aliphatic hydroxyl groups is 1. The van der Waals surface area contributed by atoms with E-state index in [9.17, 15) is 4.79 Å². The minimum atomic E-state index is -0.126. The van der Waals surface area contributed by atoms with Gasteiger partial charge in [0, 0.05) is 19.1 Å². The molecule has 1 fully saturated rings. The predicted octanol–water partition coefficient (Wildman–Crippen LogP) is 1.31. The number of carbonyl (C=O) groups excluding carboxylic acids is 1. The molecular weight excluding hydrogens is 180 g/mol. The van der Waals surface area contributed by atoms with E-state index in [4.69, 9.17) is 9.84 Å². The molecule has 2 unspecified atom stereocenters.